The molecule has 0 radical (unpaired) electrons. The molecule has 17 heavy (non-hydrogen) atoms. The molecule has 0 aromatic carbocycles. The van der Waals surface area contributed by atoms with Crippen molar-refractivity contribution in [2.75, 3.05) is 5.73 Å². The van der Waals surface area contributed by atoms with Crippen LogP contribution in [0.5, 0.6) is 0 Å². The number of fused-ring (bicyclic) bond motifs is 1. The summed E-state index contributed by atoms with van der Waals surface area (Å²) in [4.78, 5) is 4.45. The van der Waals surface area contributed by atoms with E-state index in [1.807, 2.05) is 17.6 Å². The summed E-state index contributed by atoms with van der Waals surface area (Å²) in [6.45, 7) is 1.92. The van der Waals surface area contributed by atoms with Gasteiger partial charge in [0.2, 0.25) is 0 Å². The third kappa shape index (κ3) is 1.77. The van der Waals surface area contributed by atoms with Crippen molar-refractivity contribution in [1.82, 2.24) is 14.6 Å². The van der Waals surface area contributed by atoms with Gasteiger partial charge in [-0.3, -0.25) is 0 Å². The predicted octanol–water partition coefficient (Wildman–Crippen LogP) is 2.67. The molecule has 0 unspecified atom stereocenters. The zero-order valence-electron chi connectivity index (χ0n) is 10.2. The maximum Gasteiger partial charge on any atom is 0.178 e. The molecule has 4 nitrogen and oxygen atoms in total. The van der Waals surface area contributed by atoms with Gasteiger partial charge in [0.15, 0.2) is 5.65 Å². The summed E-state index contributed by atoms with van der Waals surface area (Å²) in [5.74, 6) is 0.659. The molecule has 0 spiro atoms. The Kier molecular flexibility index (Phi) is 2.50. The number of hydrogen-bond donors (Lipinski definition) is 1. The minimum atomic E-state index is 0.659. The summed E-state index contributed by atoms with van der Waals surface area (Å²) < 4.78 is 1.83. The van der Waals surface area contributed by atoms with Crippen molar-refractivity contribution in [3.63, 3.8) is 0 Å². The molecule has 0 saturated heterocycles. The van der Waals surface area contributed by atoms with E-state index in [-0.39, 0.29) is 0 Å². The van der Waals surface area contributed by atoms with Gasteiger partial charge in [0.1, 0.15) is 5.69 Å². The minimum Gasteiger partial charge on any atom is -0.394 e. The van der Waals surface area contributed by atoms with Crippen LogP contribution in [0.25, 0.3) is 5.65 Å². The molecule has 1 fully saturated rings. The fraction of sp³-hybridized carbons (Fsp3) is 0.538. The minimum absolute atomic E-state index is 0.659. The lowest BCUT2D eigenvalue weighted by Gasteiger charge is -2.21. The number of rotatable bonds is 1. The van der Waals surface area contributed by atoms with Crippen LogP contribution in [0.15, 0.2) is 12.4 Å². The molecule has 2 heterocycles. The number of nitrogen functional groups attached to an aromatic ring is 1. The van der Waals surface area contributed by atoms with Gasteiger partial charge in [-0.25, -0.2) is 9.50 Å². The molecule has 0 atom stereocenters. The van der Waals surface area contributed by atoms with E-state index in [2.05, 4.69) is 16.3 Å². The quantitative estimate of drug-likeness (QED) is 0.819. The van der Waals surface area contributed by atoms with Crippen molar-refractivity contribution in [3.8, 4) is 0 Å². The fourth-order valence-corrected chi connectivity index (χ4v) is 2.72. The smallest absolute Gasteiger partial charge is 0.178 e. The van der Waals surface area contributed by atoms with Crippen LogP contribution < -0.4 is 5.73 Å². The highest BCUT2D eigenvalue weighted by atomic mass is 15.3. The highest BCUT2D eigenvalue weighted by Crippen LogP contribution is 2.32. The summed E-state index contributed by atoms with van der Waals surface area (Å²) in [7, 11) is 0. The first-order valence-corrected chi connectivity index (χ1v) is 6.36. The van der Waals surface area contributed by atoms with Crippen molar-refractivity contribution < 1.29 is 0 Å². The van der Waals surface area contributed by atoms with Crippen LogP contribution in [0.4, 0.5) is 5.69 Å². The van der Waals surface area contributed by atoms with Crippen LogP contribution in [0.3, 0.4) is 0 Å². The molecule has 1 saturated carbocycles. The molecular formula is C13H18N4. The second kappa shape index (κ2) is 4.02. The molecule has 0 bridgehead atoms. The second-order valence-electron chi connectivity index (χ2n) is 4.99. The normalized spacial score (nSPS) is 17.7. The zero-order valence-corrected chi connectivity index (χ0v) is 10.2. The number of hydrogen-bond acceptors (Lipinski definition) is 3. The summed E-state index contributed by atoms with van der Waals surface area (Å²) in [6.07, 6.45) is 10.7. The molecule has 3 rings (SSSR count). The Bertz CT molecular complexity index is 538. The molecule has 0 aliphatic heterocycles. The van der Waals surface area contributed by atoms with E-state index in [9.17, 15) is 0 Å². The molecule has 2 aromatic heterocycles. The van der Waals surface area contributed by atoms with E-state index in [0.29, 0.717) is 11.6 Å². The molecular weight excluding hydrogens is 212 g/mol. The van der Waals surface area contributed by atoms with Gasteiger partial charge >= 0.3 is 0 Å². The van der Waals surface area contributed by atoms with Crippen molar-refractivity contribution in [1.29, 1.82) is 0 Å². The summed E-state index contributed by atoms with van der Waals surface area (Å²) in [5.41, 5.74) is 9.56. The third-order valence-electron chi connectivity index (χ3n) is 3.79. The lowest BCUT2D eigenvalue weighted by Crippen LogP contribution is -2.06. The lowest BCUT2D eigenvalue weighted by molar-refractivity contribution is 0.441. The van der Waals surface area contributed by atoms with Crippen molar-refractivity contribution >= 4 is 11.3 Å². The Balaban J connectivity index is 2.01. The first kappa shape index (κ1) is 10.6. The fourth-order valence-electron chi connectivity index (χ4n) is 2.72. The van der Waals surface area contributed by atoms with Gasteiger partial charge in [-0.15, -0.1) is 0 Å². The third-order valence-corrected chi connectivity index (χ3v) is 3.79. The van der Waals surface area contributed by atoms with Crippen molar-refractivity contribution in [2.45, 2.75) is 44.9 Å². The monoisotopic (exact) mass is 230 g/mol. The van der Waals surface area contributed by atoms with E-state index < -0.39 is 0 Å². The van der Waals surface area contributed by atoms with Crippen molar-refractivity contribution in [2.24, 2.45) is 0 Å². The second-order valence-corrected chi connectivity index (χ2v) is 4.99. The van der Waals surface area contributed by atoms with Crippen LogP contribution in [0.1, 0.15) is 49.3 Å². The summed E-state index contributed by atoms with van der Waals surface area (Å²) in [6, 6.07) is 0. The summed E-state index contributed by atoms with van der Waals surface area (Å²) in [5, 5.41) is 4.40. The molecule has 0 amide bonds. The van der Waals surface area contributed by atoms with Crippen LogP contribution in [0, 0.1) is 6.92 Å². The van der Waals surface area contributed by atoms with Crippen LogP contribution in [-0.2, 0) is 0 Å². The maximum atomic E-state index is 5.92. The molecule has 90 valence electrons. The van der Waals surface area contributed by atoms with E-state index >= 15 is 0 Å². The van der Waals surface area contributed by atoms with E-state index in [0.717, 1.165) is 11.3 Å². The van der Waals surface area contributed by atoms with Crippen LogP contribution >= 0.6 is 0 Å². The molecule has 2 aromatic rings. The standard InChI is InChI=1S/C13H18N4/c1-9-12(14)13-15-7-11(8-17(13)16-9)10-5-3-2-4-6-10/h7-8,10H,2-6,14H2,1H3. The zero-order chi connectivity index (χ0) is 11.8. The Morgan fingerprint density at radius 3 is 2.82 bits per heavy atom. The first-order valence-electron chi connectivity index (χ1n) is 6.36. The van der Waals surface area contributed by atoms with Gasteiger partial charge in [-0.05, 0) is 31.2 Å². The Labute approximate surface area is 101 Å². The largest absolute Gasteiger partial charge is 0.394 e. The highest BCUT2D eigenvalue weighted by molar-refractivity contribution is 5.66. The van der Waals surface area contributed by atoms with Gasteiger partial charge in [0, 0.05) is 12.4 Å². The van der Waals surface area contributed by atoms with Crippen molar-refractivity contribution in [3.05, 3.63) is 23.7 Å². The molecule has 1 aliphatic rings. The molecule has 4 heteroatoms. The number of nitrogens with zero attached hydrogens (tertiary/aromatic N) is 3. The van der Waals surface area contributed by atoms with Gasteiger partial charge in [-0.2, -0.15) is 5.10 Å². The van der Waals surface area contributed by atoms with Gasteiger partial charge < -0.3 is 5.73 Å². The van der Waals surface area contributed by atoms with Gasteiger partial charge in [-0.1, -0.05) is 19.3 Å². The van der Waals surface area contributed by atoms with Gasteiger partial charge in [0.25, 0.3) is 0 Å². The number of aryl methyl sites for hydroxylation is 1. The average Bonchev–Trinajstić information content (AvgIpc) is 2.66. The SMILES string of the molecule is Cc1nn2cc(C3CCCCC3)cnc2c1N. The topological polar surface area (TPSA) is 56.2 Å². The Hall–Kier alpha value is -1.58. The molecule has 1 aliphatic carbocycles. The predicted molar refractivity (Wildman–Crippen MR) is 68.0 cm³/mol. The Morgan fingerprint density at radius 1 is 1.29 bits per heavy atom. The van der Waals surface area contributed by atoms with E-state index in [1.165, 1.54) is 37.7 Å². The van der Waals surface area contributed by atoms with Crippen LogP contribution in [-0.4, -0.2) is 14.6 Å². The number of aromatic nitrogens is 3. The number of anilines is 1. The lowest BCUT2D eigenvalue weighted by atomic mass is 9.85. The molecule has 2 N–H and O–H groups in total. The van der Waals surface area contributed by atoms with E-state index in [1.54, 1.807) is 0 Å². The van der Waals surface area contributed by atoms with Crippen LogP contribution in [0.2, 0.25) is 0 Å². The summed E-state index contributed by atoms with van der Waals surface area (Å²) >= 11 is 0. The first-order chi connectivity index (χ1) is 8.25. The van der Waals surface area contributed by atoms with E-state index in [4.69, 9.17) is 5.73 Å². The van der Waals surface area contributed by atoms with Gasteiger partial charge in [0.05, 0.1) is 5.69 Å². The Morgan fingerprint density at radius 2 is 2.06 bits per heavy atom. The number of nitrogens with two attached hydrogens (primary N) is 1. The highest BCUT2D eigenvalue weighted by Gasteiger charge is 2.17. The average molecular weight is 230 g/mol. The maximum absolute atomic E-state index is 5.92.